The fourth-order valence-corrected chi connectivity index (χ4v) is 3.10. The second-order valence-electron chi connectivity index (χ2n) is 7.42. The van der Waals surface area contributed by atoms with E-state index in [0.29, 0.717) is 18.2 Å². The topological polar surface area (TPSA) is 63.2 Å². The van der Waals surface area contributed by atoms with E-state index in [1.807, 2.05) is 12.1 Å². The summed E-state index contributed by atoms with van der Waals surface area (Å²) in [7, 11) is 0. The van der Waals surface area contributed by atoms with Gasteiger partial charge in [0.25, 0.3) is 0 Å². The second kappa shape index (κ2) is 6.49. The summed E-state index contributed by atoms with van der Waals surface area (Å²) in [5.74, 6) is 3.14. The predicted octanol–water partition coefficient (Wildman–Crippen LogP) is 2.93. The Hall–Kier alpha value is -1.59. The Kier molecular flexibility index (Phi) is 4.60. The van der Waals surface area contributed by atoms with E-state index in [9.17, 15) is 0 Å². The Morgan fingerprint density at radius 3 is 2.83 bits per heavy atom. The summed E-state index contributed by atoms with van der Waals surface area (Å²) in [6.07, 6.45) is 4.60. The molecule has 0 fully saturated rings. The van der Waals surface area contributed by atoms with Crippen LogP contribution in [-0.2, 0) is 25.1 Å². The van der Waals surface area contributed by atoms with Crippen molar-refractivity contribution in [2.75, 3.05) is 6.54 Å². The third-order valence-electron chi connectivity index (χ3n) is 4.46. The molecule has 5 heteroatoms. The van der Waals surface area contributed by atoms with Crippen molar-refractivity contribution in [3.8, 4) is 0 Å². The number of hydrogen-bond donors (Lipinski definition) is 2. The number of imidazole rings is 1. The standard InChI is InChI=1S/C18H27N3O2/c1-18(2,3)16-11-21-8-4-5-13(17(21)20-16)9-19-10-14-6-7-15(12-22)23-14/h6-7,11,13,19,22H,4-5,8-10,12H2,1-3H3/t13-/m1/s1. The van der Waals surface area contributed by atoms with Crippen molar-refractivity contribution < 1.29 is 9.52 Å². The maximum Gasteiger partial charge on any atom is 0.129 e. The Morgan fingerprint density at radius 1 is 1.35 bits per heavy atom. The molecule has 0 spiro atoms. The van der Waals surface area contributed by atoms with E-state index < -0.39 is 0 Å². The zero-order valence-electron chi connectivity index (χ0n) is 14.3. The molecular formula is C18H27N3O2. The zero-order chi connectivity index (χ0) is 16.4. The van der Waals surface area contributed by atoms with Crippen molar-refractivity contribution in [2.45, 2.75) is 64.6 Å². The van der Waals surface area contributed by atoms with Gasteiger partial charge in [-0.25, -0.2) is 4.98 Å². The van der Waals surface area contributed by atoms with Gasteiger partial charge < -0.3 is 19.4 Å². The van der Waals surface area contributed by atoms with Gasteiger partial charge in [0.1, 0.15) is 24.0 Å². The smallest absolute Gasteiger partial charge is 0.129 e. The van der Waals surface area contributed by atoms with E-state index >= 15 is 0 Å². The van der Waals surface area contributed by atoms with Crippen molar-refractivity contribution >= 4 is 0 Å². The number of aliphatic hydroxyl groups is 1. The van der Waals surface area contributed by atoms with Gasteiger partial charge in [-0.1, -0.05) is 20.8 Å². The molecule has 1 aliphatic heterocycles. The first-order valence-electron chi connectivity index (χ1n) is 8.44. The molecule has 5 nitrogen and oxygen atoms in total. The van der Waals surface area contributed by atoms with Gasteiger partial charge in [-0.2, -0.15) is 0 Å². The van der Waals surface area contributed by atoms with Crippen LogP contribution in [0.15, 0.2) is 22.7 Å². The Morgan fingerprint density at radius 2 is 2.13 bits per heavy atom. The Labute approximate surface area is 137 Å². The van der Waals surface area contributed by atoms with Gasteiger partial charge in [0, 0.05) is 30.6 Å². The van der Waals surface area contributed by atoms with E-state index in [1.165, 1.54) is 24.4 Å². The van der Waals surface area contributed by atoms with E-state index in [4.69, 9.17) is 14.5 Å². The van der Waals surface area contributed by atoms with Gasteiger partial charge in [0.05, 0.1) is 12.2 Å². The number of aliphatic hydroxyl groups excluding tert-OH is 1. The lowest BCUT2D eigenvalue weighted by Crippen LogP contribution is -2.26. The van der Waals surface area contributed by atoms with Crippen LogP contribution in [0.1, 0.15) is 62.6 Å². The maximum absolute atomic E-state index is 9.03. The minimum atomic E-state index is -0.0460. The first kappa shape index (κ1) is 16.3. The molecule has 0 aromatic carbocycles. The molecule has 23 heavy (non-hydrogen) atoms. The zero-order valence-corrected chi connectivity index (χ0v) is 14.3. The van der Waals surface area contributed by atoms with E-state index in [1.54, 1.807) is 0 Å². The largest absolute Gasteiger partial charge is 0.462 e. The molecule has 2 aromatic heterocycles. The third-order valence-corrected chi connectivity index (χ3v) is 4.46. The van der Waals surface area contributed by atoms with Crippen molar-refractivity contribution in [1.82, 2.24) is 14.9 Å². The Balaban J connectivity index is 1.62. The minimum absolute atomic E-state index is 0.0460. The van der Waals surface area contributed by atoms with Crippen molar-refractivity contribution in [3.05, 3.63) is 41.4 Å². The fourth-order valence-electron chi connectivity index (χ4n) is 3.10. The van der Waals surface area contributed by atoms with Crippen LogP contribution in [0, 0.1) is 0 Å². The van der Waals surface area contributed by atoms with Crippen LogP contribution in [0.4, 0.5) is 0 Å². The number of aromatic nitrogens is 2. The van der Waals surface area contributed by atoms with Crippen LogP contribution < -0.4 is 5.32 Å². The molecule has 0 saturated carbocycles. The van der Waals surface area contributed by atoms with E-state index in [0.717, 1.165) is 18.8 Å². The van der Waals surface area contributed by atoms with Gasteiger partial charge in [-0.15, -0.1) is 0 Å². The van der Waals surface area contributed by atoms with Crippen LogP contribution in [0.3, 0.4) is 0 Å². The number of nitrogens with zero attached hydrogens (tertiary/aromatic N) is 2. The first-order valence-corrected chi connectivity index (χ1v) is 8.44. The van der Waals surface area contributed by atoms with Crippen molar-refractivity contribution in [2.24, 2.45) is 0 Å². The number of nitrogens with one attached hydrogen (secondary N) is 1. The lowest BCUT2D eigenvalue weighted by molar-refractivity contribution is 0.242. The number of hydrogen-bond acceptors (Lipinski definition) is 4. The molecule has 0 bridgehead atoms. The summed E-state index contributed by atoms with van der Waals surface area (Å²) in [6, 6.07) is 3.73. The molecule has 126 valence electrons. The molecular weight excluding hydrogens is 290 g/mol. The average Bonchev–Trinajstić information content (AvgIpc) is 3.13. The molecule has 1 atom stereocenters. The van der Waals surface area contributed by atoms with Gasteiger partial charge >= 0.3 is 0 Å². The minimum Gasteiger partial charge on any atom is -0.462 e. The summed E-state index contributed by atoms with van der Waals surface area (Å²) >= 11 is 0. The molecule has 0 amide bonds. The molecule has 0 unspecified atom stereocenters. The van der Waals surface area contributed by atoms with Crippen LogP contribution in [0.5, 0.6) is 0 Å². The highest BCUT2D eigenvalue weighted by atomic mass is 16.4. The molecule has 0 saturated heterocycles. The molecule has 2 N–H and O–H groups in total. The molecule has 3 rings (SSSR count). The van der Waals surface area contributed by atoms with E-state index in [2.05, 4.69) is 36.9 Å². The number of rotatable bonds is 5. The lowest BCUT2D eigenvalue weighted by atomic mass is 9.93. The molecule has 3 heterocycles. The number of furan rings is 1. The van der Waals surface area contributed by atoms with Crippen molar-refractivity contribution in [1.29, 1.82) is 0 Å². The van der Waals surface area contributed by atoms with Crippen LogP contribution in [0.2, 0.25) is 0 Å². The van der Waals surface area contributed by atoms with Crippen LogP contribution in [0.25, 0.3) is 0 Å². The highest BCUT2D eigenvalue weighted by molar-refractivity contribution is 5.17. The highest BCUT2D eigenvalue weighted by Gasteiger charge is 2.26. The third kappa shape index (κ3) is 3.67. The molecule has 2 aromatic rings. The van der Waals surface area contributed by atoms with E-state index in [-0.39, 0.29) is 12.0 Å². The van der Waals surface area contributed by atoms with Crippen molar-refractivity contribution in [3.63, 3.8) is 0 Å². The first-order chi connectivity index (χ1) is 11.0. The summed E-state index contributed by atoms with van der Waals surface area (Å²) in [4.78, 5) is 4.91. The number of aryl methyl sites for hydroxylation is 1. The molecule has 0 aliphatic carbocycles. The van der Waals surface area contributed by atoms with Gasteiger partial charge in [-0.3, -0.25) is 0 Å². The molecule has 0 radical (unpaired) electrons. The maximum atomic E-state index is 9.03. The second-order valence-corrected chi connectivity index (χ2v) is 7.42. The van der Waals surface area contributed by atoms with Crippen LogP contribution in [-0.4, -0.2) is 21.2 Å². The van der Waals surface area contributed by atoms with Gasteiger partial charge in [0.15, 0.2) is 0 Å². The monoisotopic (exact) mass is 317 g/mol. The molecule has 1 aliphatic rings. The average molecular weight is 317 g/mol. The SMILES string of the molecule is CC(C)(C)c1cn2c(n1)[C@@H](CNCc1ccc(CO)o1)CCC2. The number of fused-ring (bicyclic) bond motifs is 1. The summed E-state index contributed by atoms with van der Waals surface area (Å²) in [5.41, 5.74) is 1.27. The van der Waals surface area contributed by atoms with Crippen LogP contribution >= 0.6 is 0 Å². The normalized spacial score (nSPS) is 18.2. The van der Waals surface area contributed by atoms with Gasteiger partial charge in [-0.05, 0) is 25.0 Å². The Bertz CT molecular complexity index is 652. The highest BCUT2D eigenvalue weighted by Crippen LogP contribution is 2.30. The van der Waals surface area contributed by atoms with Gasteiger partial charge in [0.2, 0.25) is 0 Å². The summed E-state index contributed by atoms with van der Waals surface area (Å²) in [6.45, 7) is 9.25. The predicted molar refractivity (Wildman–Crippen MR) is 89.2 cm³/mol. The fraction of sp³-hybridized carbons (Fsp3) is 0.611. The quantitative estimate of drug-likeness (QED) is 0.890. The lowest BCUT2D eigenvalue weighted by Gasteiger charge is -2.23. The summed E-state index contributed by atoms with van der Waals surface area (Å²) in [5, 5.41) is 12.5. The summed E-state index contributed by atoms with van der Waals surface area (Å²) < 4.78 is 7.83.